The smallest absolute Gasteiger partial charge is 0.338 e. The number of pyridine rings is 2. The van der Waals surface area contributed by atoms with Crippen molar-refractivity contribution < 1.29 is 14.3 Å². The number of aromatic nitrogens is 2. The maximum Gasteiger partial charge on any atom is 0.338 e. The normalized spacial score (nSPS) is 11.5. The Balaban J connectivity index is 1.78. The van der Waals surface area contributed by atoms with E-state index >= 15 is 0 Å². The average Bonchev–Trinajstić information content (AvgIpc) is 2.79. The van der Waals surface area contributed by atoms with Crippen LogP contribution in [0.4, 0.5) is 0 Å². The third-order valence-electron chi connectivity index (χ3n) is 4.44. The minimum absolute atomic E-state index is 0.200. The Morgan fingerprint density at radius 1 is 0.967 bits per heavy atom. The number of carbonyl (C=O) groups excluding carboxylic acids is 2. The highest BCUT2D eigenvalue weighted by molar-refractivity contribution is 5.90. The van der Waals surface area contributed by atoms with Gasteiger partial charge in [0.25, 0.3) is 0 Å². The number of esters is 1. The Morgan fingerprint density at radius 3 is 2.53 bits per heavy atom. The van der Waals surface area contributed by atoms with E-state index in [0.29, 0.717) is 30.8 Å². The number of carbonyl (C=O) groups is 2. The van der Waals surface area contributed by atoms with Crippen molar-refractivity contribution in [2.45, 2.75) is 26.1 Å². The van der Waals surface area contributed by atoms with Gasteiger partial charge in [-0.05, 0) is 53.9 Å². The summed E-state index contributed by atoms with van der Waals surface area (Å²) in [5, 5.41) is 6.22. The van der Waals surface area contributed by atoms with E-state index in [0.717, 1.165) is 11.1 Å². The number of hydrogen-bond acceptors (Lipinski definition) is 6. The molecule has 0 radical (unpaired) electrons. The summed E-state index contributed by atoms with van der Waals surface area (Å²) in [7, 11) is 0. The lowest BCUT2D eigenvalue weighted by molar-refractivity contribution is -0.123. The monoisotopic (exact) mass is 404 g/mol. The third kappa shape index (κ3) is 5.96. The zero-order chi connectivity index (χ0) is 21.2. The highest BCUT2D eigenvalue weighted by Crippen LogP contribution is 2.17. The van der Waals surface area contributed by atoms with Gasteiger partial charge in [0, 0.05) is 37.9 Å². The van der Waals surface area contributed by atoms with Crippen LogP contribution in [0.5, 0.6) is 0 Å². The molecule has 1 amide bonds. The summed E-state index contributed by atoms with van der Waals surface area (Å²) >= 11 is 0. The number of nitrogens with one attached hydrogen (secondary N) is 2. The van der Waals surface area contributed by atoms with Crippen LogP contribution in [0.15, 0.2) is 73.3 Å². The van der Waals surface area contributed by atoms with Gasteiger partial charge >= 0.3 is 5.97 Å². The summed E-state index contributed by atoms with van der Waals surface area (Å²) in [6, 6.07) is 13.8. The lowest BCUT2D eigenvalue weighted by Gasteiger charge is -2.20. The van der Waals surface area contributed by atoms with Crippen LogP contribution >= 0.6 is 0 Å². The average molecular weight is 404 g/mol. The Bertz CT molecular complexity index is 964. The van der Waals surface area contributed by atoms with Gasteiger partial charge in [0.2, 0.25) is 5.91 Å². The number of rotatable bonds is 9. The highest BCUT2D eigenvalue weighted by Gasteiger charge is 2.21. The zero-order valence-electron chi connectivity index (χ0n) is 16.7. The molecule has 154 valence electrons. The van der Waals surface area contributed by atoms with Crippen LogP contribution in [0.3, 0.4) is 0 Å². The van der Waals surface area contributed by atoms with Gasteiger partial charge in [-0.15, -0.1) is 0 Å². The second-order valence-electron chi connectivity index (χ2n) is 6.59. The minimum Gasteiger partial charge on any atom is -0.462 e. The molecule has 2 N–H and O–H groups in total. The quantitative estimate of drug-likeness (QED) is 0.533. The molecule has 30 heavy (non-hydrogen) atoms. The molecule has 3 aromatic rings. The fourth-order valence-corrected chi connectivity index (χ4v) is 2.94. The molecule has 0 fully saturated rings. The first-order valence-corrected chi connectivity index (χ1v) is 9.73. The first kappa shape index (κ1) is 21.1. The molecule has 0 spiro atoms. The van der Waals surface area contributed by atoms with Crippen molar-refractivity contribution in [2.75, 3.05) is 6.61 Å². The number of amides is 1. The number of benzene rings is 1. The number of hydrogen-bond donors (Lipinski definition) is 2. The minimum atomic E-state index is -0.649. The molecule has 0 saturated heterocycles. The second-order valence-corrected chi connectivity index (χ2v) is 6.59. The molecule has 1 aromatic carbocycles. The lowest BCUT2D eigenvalue weighted by atomic mass is 10.0. The summed E-state index contributed by atoms with van der Waals surface area (Å²) < 4.78 is 5.08. The predicted molar refractivity (Wildman–Crippen MR) is 112 cm³/mol. The molecule has 7 nitrogen and oxygen atoms in total. The van der Waals surface area contributed by atoms with Crippen LogP contribution in [-0.2, 0) is 22.6 Å². The topological polar surface area (TPSA) is 93.2 Å². The summed E-state index contributed by atoms with van der Waals surface area (Å²) in [5.41, 5.74) is 2.99. The van der Waals surface area contributed by atoms with Crippen molar-refractivity contribution >= 4 is 11.9 Å². The Morgan fingerprint density at radius 2 is 1.80 bits per heavy atom. The van der Waals surface area contributed by atoms with E-state index in [1.807, 2.05) is 30.3 Å². The third-order valence-corrected chi connectivity index (χ3v) is 4.44. The van der Waals surface area contributed by atoms with Gasteiger partial charge in [0.05, 0.1) is 12.2 Å². The Hall–Kier alpha value is -3.58. The molecule has 0 aliphatic rings. The number of ether oxygens (including phenoxy) is 1. The van der Waals surface area contributed by atoms with Crippen LogP contribution in [-0.4, -0.2) is 28.5 Å². The zero-order valence-corrected chi connectivity index (χ0v) is 16.7. The van der Waals surface area contributed by atoms with Gasteiger partial charge in [-0.3, -0.25) is 20.1 Å². The van der Waals surface area contributed by atoms with E-state index in [1.54, 1.807) is 49.9 Å². The lowest BCUT2D eigenvalue weighted by Crippen LogP contribution is -2.37. The highest BCUT2D eigenvalue weighted by atomic mass is 16.5. The van der Waals surface area contributed by atoms with Gasteiger partial charge in [-0.2, -0.15) is 0 Å². The van der Waals surface area contributed by atoms with Crippen molar-refractivity contribution in [1.29, 1.82) is 0 Å². The molecule has 0 aliphatic carbocycles. The van der Waals surface area contributed by atoms with Crippen molar-refractivity contribution in [1.82, 2.24) is 20.6 Å². The first-order valence-electron chi connectivity index (χ1n) is 9.73. The molecule has 1 atom stereocenters. The molecule has 1 unspecified atom stereocenters. The van der Waals surface area contributed by atoms with E-state index in [1.165, 1.54) is 0 Å². The van der Waals surface area contributed by atoms with Crippen molar-refractivity contribution in [2.24, 2.45) is 0 Å². The van der Waals surface area contributed by atoms with E-state index in [-0.39, 0.29) is 5.91 Å². The van der Waals surface area contributed by atoms with Crippen LogP contribution in [0.25, 0.3) is 0 Å². The van der Waals surface area contributed by atoms with Gasteiger partial charge < -0.3 is 10.1 Å². The fourth-order valence-electron chi connectivity index (χ4n) is 2.94. The SMILES string of the molecule is CCOC(=O)c1cccc(C(NCc2ccncc2)C(=O)NCc2cccnc2)c1. The van der Waals surface area contributed by atoms with E-state index < -0.39 is 12.0 Å². The summed E-state index contributed by atoms with van der Waals surface area (Å²) in [4.78, 5) is 33.2. The molecule has 0 saturated carbocycles. The van der Waals surface area contributed by atoms with Crippen LogP contribution in [0.1, 0.15) is 40.0 Å². The Kier molecular flexibility index (Phi) is 7.63. The first-order chi connectivity index (χ1) is 14.7. The predicted octanol–water partition coefficient (Wildman–Crippen LogP) is 2.80. The van der Waals surface area contributed by atoms with Crippen molar-refractivity contribution in [3.8, 4) is 0 Å². The molecule has 0 aliphatic heterocycles. The van der Waals surface area contributed by atoms with E-state index in [2.05, 4.69) is 20.6 Å². The molecule has 0 bridgehead atoms. The maximum atomic E-state index is 13.0. The van der Waals surface area contributed by atoms with Gasteiger partial charge in [-0.1, -0.05) is 18.2 Å². The van der Waals surface area contributed by atoms with Gasteiger partial charge in [0.1, 0.15) is 6.04 Å². The van der Waals surface area contributed by atoms with Crippen LogP contribution in [0.2, 0.25) is 0 Å². The van der Waals surface area contributed by atoms with Gasteiger partial charge in [-0.25, -0.2) is 4.79 Å². The van der Waals surface area contributed by atoms with E-state index in [4.69, 9.17) is 4.74 Å². The van der Waals surface area contributed by atoms with E-state index in [9.17, 15) is 9.59 Å². The summed E-state index contributed by atoms with van der Waals surface area (Å²) in [5.74, 6) is -0.614. The van der Waals surface area contributed by atoms with Crippen molar-refractivity contribution in [3.63, 3.8) is 0 Å². The molecule has 2 heterocycles. The Labute approximate surface area is 175 Å². The molecule has 7 heteroatoms. The largest absolute Gasteiger partial charge is 0.462 e. The molecule has 3 rings (SSSR count). The maximum absolute atomic E-state index is 13.0. The van der Waals surface area contributed by atoms with Crippen LogP contribution in [0, 0.1) is 0 Å². The molecule has 2 aromatic heterocycles. The second kappa shape index (κ2) is 10.8. The number of nitrogens with zero attached hydrogens (tertiary/aromatic N) is 2. The standard InChI is InChI=1S/C23H24N4O3/c1-2-30-23(29)20-7-3-6-19(13-20)21(26-15-17-8-11-24-12-9-17)22(28)27-16-18-5-4-10-25-14-18/h3-14,21,26H,2,15-16H2,1H3,(H,27,28). The molecular formula is C23H24N4O3. The van der Waals surface area contributed by atoms with Crippen molar-refractivity contribution in [3.05, 3.63) is 95.6 Å². The van der Waals surface area contributed by atoms with Crippen LogP contribution < -0.4 is 10.6 Å². The summed E-state index contributed by atoms with van der Waals surface area (Å²) in [6.07, 6.45) is 6.80. The molecular weight excluding hydrogens is 380 g/mol. The summed E-state index contributed by atoms with van der Waals surface area (Å²) in [6.45, 7) is 2.87. The fraction of sp³-hybridized carbons (Fsp3) is 0.217. The van der Waals surface area contributed by atoms with Gasteiger partial charge in [0.15, 0.2) is 0 Å².